The van der Waals surface area contributed by atoms with Crippen LogP contribution in [0.4, 0.5) is 0 Å². The van der Waals surface area contributed by atoms with E-state index in [2.05, 4.69) is 0 Å². The molecule has 0 heterocycles. The molecule has 0 aliphatic heterocycles. The topological polar surface area (TPSA) is 175 Å². The zero-order valence-electron chi connectivity index (χ0n) is 4.26. The second kappa shape index (κ2) is 157. The molecule has 0 aromatic heterocycles. The Morgan fingerprint density at radius 1 is 0.889 bits per heavy atom. The Morgan fingerprint density at radius 2 is 0.889 bits per heavy atom. The van der Waals surface area contributed by atoms with Gasteiger partial charge in [0.05, 0.1) is 0 Å². The molecule has 0 amide bonds. The van der Waals surface area contributed by atoms with E-state index < -0.39 is 0 Å². The van der Waals surface area contributed by atoms with Gasteiger partial charge in [-0.3, -0.25) is 0 Å². The molecule has 0 aliphatic carbocycles. The van der Waals surface area contributed by atoms with Crippen molar-refractivity contribution in [2.75, 3.05) is 0 Å². The van der Waals surface area contributed by atoms with Gasteiger partial charge in [0.25, 0.3) is 0 Å². The molecule has 60 valence electrons. The first-order valence-electron chi connectivity index (χ1n) is 0.730. The molecule has 0 rings (SSSR count). The molecule has 6 N–H and O–H groups in total. The molecule has 0 radical (unpaired) electrons. The van der Waals surface area contributed by atoms with Gasteiger partial charge in [-0.25, -0.2) is 0 Å². The van der Waals surface area contributed by atoms with Crippen LogP contribution < -0.4 is 12.3 Å². The standard InChI is InChI=1S/2HNO2.2H3N.Pd/c2*2-1-3;;;/h2*(H,2,3);2*1H3;/q;;;;+2/p-2. The Kier molecular flexibility index (Phi) is 698. The number of hydrogen-bond acceptors (Lipinski definition) is 8. The van der Waals surface area contributed by atoms with Crippen molar-refractivity contribution in [3.63, 3.8) is 0 Å². The predicted molar refractivity (Wildman–Crippen MR) is 28.4 cm³/mol. The van der Waals surface area contributed by atoms with Crippen molar-refractivity contribution in [3.05, 3.63) is 20.2 Å². The van der Waals surface area contributed by atoms with Crippen LogP contribution in [0.15, 0.2) is 10.7 Å². The Bertz CT molecular complexity index is 33.5. The third-order valence-corrected chi connectivity index (χ3v) is 0. The molecule has 9 heavy (non-hydrogen) atoms. The summed E-state index contributed by atoms with van der Waals surface area (Å²) >= 11 is 0. The van der Waals surface area contributed by atoms with E-state index >= 15 is 0 Å². The summed E-state index contributed by atoms with van der Waals surface area (Å²) in [5, 5.41) is 18.0. The van der Waals surface area contributed by atoms with E-state index in [0.29, 0.717) is 0 Å². The molecule has 0 aromatic carbocycles. The third kappa shape index (κ3) is 561. The van der Waals surface area contributed by atoms with Gasteiger partial charge in [0, 0.05) is 0 Å². The first kappa shape index (κ1) is 39.9. The van der Waals surface area contributed by atoms with Crippen molar-refractivity contribution in [3.8, 4) is 0 Å². The Morgan fingerprint density at radius 3 is 0.889 bits per heavy atom. The Hall–Kier alpha value is -0.618. The van der Waals surface area contributed by atoms with E-state index in [1.54, 1.807) is 0 Å². The van der Waals surface area contributed by atoms with Crippen LogP contribution in [0.2, 0.25) is 0 Å². The Balaban J connectivity index is -0.00000000889. The van der Waals surface area contributed by atoms with Gasteiger partial charge in [0.2, 0.25) is 0 Å². The molecule has 9 heteroatoms. The van der Waals surface area contributed by atoms with Gasteiger partial charge < -0.3 is 32.5 Å². The van der Waals surface area contributed by atoms with E-state index in [9.17, 15) is 0 Å². The van der Waals surface area contributed by atoms with Gasteiger partial charge in [-0.05, 0) is 0 Å². The number of hydrogen-bond donors (Lipinski definition) is 2. The molecule has 0 saturated carbocycles. The van der Waals surface area contributed by atoms with Crippen molar-refractivity contribution in [1.82, 2.24) is 12.3 Å². The van der Waals surface area contributed by atoms with E-state index in [1.165, 1.54) is 0 Å². The second-order valence-electron chi connectivity index (χ2n) is 0.149. The SMILES string of the molecule is N.N.O=N[O-].O=N[O-].[Pd+2]. The van der Waals surface area contributed by atoms with Gasteiger partial charge in [-0.1, -0.05) is 0 Å². The van der Waals surface area contributed by atoms with E-state index in [1.807, 2.05) is 0 Å². The molecule has 0 saturated heterocycles. The van der Waals surface area contributed by atoms with E-state index in [0.717, 1.165) is 10.7 Å². The first-order valence-corrected chi connectivity index (χ1v) is 0.730. The molecule has 0 atom stereocenters. The summed E-state index contributed by atoms with van der Waals surface area (Å²) in [7, 11) is 0. The maximum absolute atomic E-state index is 8.00. The van der Waals surface area contributed by atoms with Crippen LogP contribution in [0.5, 0.6) is 0 Å². The second-order valence-corrected chi connectivity index (χ2v) is 0.149. The molecule has 0 fully saturated rings. The van der Waals surface area contributed by atoms with Crippen LogP contribution >= 0.6 is 0 Å². The minimum Gasteiger partial charge on any atom is -0.444 e. The maximum Gasteiger partial charge on any atom is 2.00 e. The minimum absolute atomic E-state index is 0. The summed E-state index contributed by atoms with van der Waals surface area (Å²) in [5.74, 6) is 0. The third-order valence-electron chi connectivity index (χ3n) is 0. The molecule has 0 unspecified atom stereocenters. The zero-order valence-corrected chi connectivity index (χ0v) is 5.81. The van der Waals surface area contributed by atoms with Crippen LogP contribution in [-0.4, -0.2) is 0 Å². The predicted octanol–water partition coefficient (Wildman–Crippen LogP) is 0.823. The largest absolute Gasteiger partial charge is 2.00 e. The average molecular weight is 232 g/mol. The van der Waals surface area contributed by atoms with Crippen LogP contribution in [0.25, 0.3) is 0 Å². The number of rotatable bonds is 0. The van der Waals surface area contributed by atoms with Crippen molar-refractivity contribution in [2.45, 2.75) is 0 Å². The fourth-order valence-electron chi connectivity index (χ4n) is 0. The van der Waals surface area contributed by atoms with Gasteiger partial charge in [0.15, 0.2) is 0 Å². The van der Waals surface area contributed by atoms with E-state index in [-0.39, 0.29) is 32.7 Å². The molecular formula is H6N4O4Pd. The molecule has 8 nitrogen and oxygen atoms in total. The normalized spacial score (nSPS) is 2.67. The van der Waals surface area contributed by atoms with Crippen molar-refractivity contribution in [2.24, 2.45) is 10.7 Å². The minimum atomic E-state index is 0. The molecule has 0 spiro atoms. The smallest absolute Gasteiger partial charge is 0.444 e. The van der Waals surface area contributed by atoms with E-state index in [4.69, 9.17) is 20.2 Å². The van der Waals surface area contributed by atoms with Crippen molar-refractivity contribution >= 4 is 0 Å². The molecule has 0 aliphatic rings. The fraction of sp³-hybridized carbons (Fsp3) is 0. The summed E-state index contributed by atoms with van der Waals surface area (Å²) in [6, 6.07) is 0. The average Bonchev–Trinajstić information content (AvgIpc) is 1.39. The van der Waals surface area contributed by atoms with Crippen molar-refractivity contribution < 1.29 is 20.4 Å². The number of nitrogens with zero attached hydrogens (tertiary/aromatic N) is 2. The summed E-state index contributed by atoms with van der Waals surface area (Å²) < 4.78 is 0. The quantitative estimate of drug-likeness (QED) is 0.355. The van der Waals surface area contributed by atoms with Gasteiger partial charge >= 0.3 is 20.4 Å². The Labute approximate surface area is 64.3 Å². The monoisotopic (exact) mass is 232 g/mol. The molecule has 0 aromatic rings. The van der Waals surface area contributed by atoms with Gasteiger partial charge in [-0.15, -0.1) is 10.7 Å². The maximum atomic E-state index is 8.00. The summed E-state index contributed by atoms with van der Waals surface area (Å²) in [4.78, 5) is 16.0. The fourth-order valence-corrected chi connectivity index (χ4v) is 0. The van der Waals surface area contributed by atoms with Crippen LogP contribution in [0, 0.1) is 20.2 Å². The van der Waals surface area contributed by atoms with Crippen molar-refractivity contribution in [1.29, 1.82) is 0 Å². The molecule has 0 bridgehead atoms. The van der Waals surface area contributed by atoms with Crippen LogP contribution in [0.3, 0.4) is 0 Å². The molecular weight excluding hydrogens is 226 g/mol. The van der Waals surface area contributed by atoms with Gasteiger partial charge in [0.1, 0.15) is 0 Å². The summed E-state index contributed by atoms with van der Waals surface area (Å²) in [6.45, 7) is 0. The first-order chi connectivity index (χ1) is 2.83. The van der Waals surface area contributed by atoms with Crippen LogP contribution in [0.1, 0.15) is 0 Å². The summed E-state index contributed by atoms with van der Waals surface area (Å²) in [5.41, 5.74) is 0. The van der Waals surface area contributed by atoms with Crippen LogP contribution in [-0.2, 0) is 20.4 Å². The zero-order chi connectivity index (χ0) is 5.41. The summed E-state index contributed by atoms with van der Waals surface area (Å²) in [6.07, 6.45) is 0. The van der Waals surface area contributed by atoms with Gasteiger partial charge in [-0.2, -0.15) is 0 Å².